The molecule has 3 N–H and O–H groups in total. The minimum Gasteiger partial charge on any atom is -0.497 e. The molecular weight excluding hydrogens is 354 g/mol. The number of benzene rings is 1. The highest BCUT2D eigenvalue weighted by atomic mass is 16.5. The predicted molar refractivity (Wildman–Crippen MR) is 111 cm³/mol. The standard InChI is InChI=1S/C20H31N7O/c1-4-11-27-12-9-16(10-13-27)23-20(21-2)22-14-18-24-19(26-25-18)15-5-7-17(28-3)8-6-15/h5-8,16H,4,9-14H2,1-3H3,(H2,21,22,23)(H,24,25,26). The number of aromatic nitrogens is 3. The van der Waals surface area contributed by atoms with Crippen molar-refractivity contribution in [1.82, 2.24) is 30.7 Å². The van der Waals surface area contributed by atoms with Crippen LogP contribution >= 0.6 is 0 Å². The molecule has 0 radical (unpaired) electrons. The average Bonchev–Trinajstić information content (AvgIpc) is 3.21. The molecule has 1 aliphatic rings. The van der Waals surface area contributed by atoms with Gasteiger partial charge in [0.1, 0.15) is 11.6 Å². The first-order chi connectivity index (χ1) is 13.7. The number of aromatic amines is 1. The van der Waals surface area contributed by atoms with Crippen LogP contribution in [0.4, 0.5) is 0 Å². The number of methoxy groups -OCH3 is 1. The molecule has 1 saturated heterocycles. The molecule has 0 saturated carbocycles. The van der Waals surface area contributed by atoms with E-state index in [0.717, 1.165) is 49.0 Å². The maximum Gasteiger partial charge on any atom is 0.191 e. The Morgan fingerprint density at radius 3 is 2.68 bits per heavy atom. The highest BCUT2D eigenvalue weighted by Crippen LogP contribution is 2.18. The van der Waals surface area contributed by atoms with Crippen LogP contribution in [0, 0.1) is 0 Å². The predicted octanol–water partition coefficient (Wildman–Crippen LogP) is 2.02. The van der Waals surface area contributed by atoms with Gasteiger partial charge < -0.3 is 20.3 Å². The van der Waals surface area contributed by atoms with Gasteiger partial charge in [-0.1, -0.05) is 6.92 Å². The molecule has 8 nitrogen and oxygen atoms in total. The zero-order chi connectivity index (χ0) is 19.8. The Bertz CT molecular complexity index is 748. The van der Waals surface area contributed by atoms with Crippen molar-refractivity contribution in [1.29, 1.82) is 0 Å². The molecule has 8 heteroatoms. The molecule has 0 spiro atoms. The van der Waals surface area contributed by atoms with Gasteiger partial charge >= 0.3 is 0 Å². The summed E-state index contributed by atoms with van der Waals surface area (Å²) in [6.45, 7) is 6.27. The number of nitrogens with one attached hydrogen (secondary N) is 3. The Morgan fingerprint density at radius 2 is 2.04 bits per heavy atom. The molecule has 1 aliphatic heterocycles. The van der Waals surface area contributed by atoms with E-state index in [1.807, 2.05) is 24.3 Å². The van der Waals surface area contributed by atoms with Crippen molar-refractivity contribution in [2.75, 3.05) is 33.8 Å². The lowest BCUT2D eigenvalue weighted by Gasteiger charge is -2.32. The summed E-state index contributed by atoms with van der Waals surface area (Å²) in [5.41, 5.74) is 0.949. The van der Waals surface area contributed by atoms with E-state index in [2.05, 4.69) is 42.6 Å². The van der Waals surface area contributed by atoms with Gasteiger partial charge in [0.15, 0.2) is 11.8 Å². The molecular formula is C20H31N7O. The molecule has 0 aliphatic carbocycles. The highest BCUT2D eigenvalue weighted by Gasteiger charge is 2.19. The second kappa shape index (κ2) is 10.1. The molecule has 2 aromatic rings. The van der Waals surface area contributed by atoms with Crippen LogP contribution in [-0.4, -0.2) is 65.9 Å². The monoisotopic (exact) mass is 385 g/mol. The largest absolute Gasteiger partial charge is 0.497 e. The maximum absolute atomic E-state index is 5.19. The third kappa shape index (κ3) is 5.45. The number of hydrogen-bond acceptors (Lipinski definition) is 5. The Morgan fingerprint density at radius 1 is 1.29 bits per heavy atom. The van der Waals surface area contributed by atoms with Crippen LogP contribution in [0.2, 0.25) is 0 Å². The van der Waals surface area contributed by atoms with Crippen LogP contribution in [0.25, 0.3) is 11.4 Å². The van der Waals surface area contributed by atoms with E-state index in [-0.39, 0.29) is 0 Å². The van der Waals surface area contributed by atoms with E-state index in [0.29, 0.717) is 18.4 Å². The van der Waals surface area contributed by atoms with Gasteiger partial charge in [-0.15, -0.1) is 0 Å². The Kier molecular flexibility index (Phi) is 7.25. The minimum atomic E-state index is 0.462. The van der Waals surface area contributed by atoms with Crippen LogP contribution in [0.1, 0.15) is 32.0 Å². The van der Waals surface area contributed by atoms with Gasteiger partial charge in [-0.25, -0.2) is 4.98 Å². The van der Waals surface area contributed by atoms with Crippen molar-refractivity contribution in [3.63, 3.8) is 0 Å². The zero-order valence-electron chi connectivity index (χ0n) is 17.0. The first-order valence-corrected chi connectivity index (χ1v) is 9.97. The summed E-state index contributed by atoms with van der Waals surface area (Å²) in [6.07, 6.45) is 3.51. The maximum atomic E-state index is 5.19. The van der Waals surface area contributed by atoms with Crippen LogP contribution in [0.3, 0.4) is 0 Å². The lowest BCUT2D eigenvalue weighted by Crippen LogP contribution is -2.48. The average molecular weight is 386 g/mol. The summed E-state index contributed by atoms with van der Waals surface area (Å²) in [6, 6.07) is 8.17. The number of aliphatic imine (C=N–C) groups is 1. The molecule has 0 amide bonds. The van der Waals surface area contributed by atoms with E-state index < -0.39 is 0 Å². The zero-order valence-corrected chi connectivity index (χ0v) is 17.0. The summed E-state index contributed by atoms with van der Waals surface area (Å²) < 4.78 is 5.19. The summed E-state index contributed by atoms with van der Waals surface area (Å²) in [5.74, 6) is 3.06. The third-order valence-electron chi connectivity index (χ3n) is 5.00. The molecule has 2 heterocycles. The topological polar surface area (TPSA) is 90.5 Å². The summed E-state index contributed by atoms with van der Waals surface area (Å²) in [5, 5.41) is 14.1. The normalized spacial score (nSPS) is 16.2. The smallest absolute Gasteiger partial charge is 0.191 e. The van der Waals surface area contributed by atoms with Crippen molar-refractivity contribution >= 4 is 5.96 Å². The Labute approximate surface area is 166 Å². The van der Waals surface area contributed by atoms with Crippen LogP contribution < -0.4 is 15.4 Å². The van der Waals surface area contributed by atoms with Crippen molar-refractivity contribution in [3.8, 4) is 17.1 Å². The van der Waals surface area contributed by atoms with E-state index >= 15 is 0 Å². The Hall–Kier alpha value is -2.61. The first-order valence-electron chi connectivity index (χ1n) is 9.97. The fraction of sp³-hybridized carbons (Fsp3) is 0.550. The van der Waals surface area contributed by atoms with Crippen LogP contribution in [0.15, 0.2) is 29.3 Å². The summed E-state index contributed by atoms with van der Waals surface area (Å²) in [4.78, 5) is 11.4. The second-order valence-electron chi connectivity index (χ2n) is 7.02. The molecule has 152 valence electrons. The number of guanidine groups is 1. The van der Waals surface area contributed by atoms with Gasteiger partial charge in [0, 0.05) is 31.7 Å². The quantitative estimate of drug-likeness (QED) is 0.499. The Balaban J connectivity index is 1.48. The van der Waals surface area contributed by atoms with Gasteiger partial charge in [0.25, 0.3) is 0 Å². The molecule has 0 atom stereocenters. The summed E-state index contributed by atoms with van der Waals surface area (Å²) in [7, 11) is 3.45. The third-order valence-corrected chi connectivity index (χ3v) is 5.00. The number of piperidine rings is 1. The van der Waals surface area contributed by atoms with E-state index in [4.69, 9.17) is 4.74 Å². The molecule has 0 bridgehead atoms. The van der Waals surface area contributed by atoms with Crippen molar-refractivity contribution in [3.05, 3.63) is 30.1 Å². The summed E-state index contributed by atoms with van der Waals surface area (Å²) >= 11 is 0. The number of nitrogens with zero attached hydrogens (tertiary/aromatic N) is 4. The lowest BCUT2D eigenvalue weighted by molar-refractivity contribution is 0.206. The number of likely N-dealkylation sites (tertiary alicyclic amines) is 1. The van der Waals surface area contributed by atoms with Crippen molar-refractivity contribution in [2.45, 2.75) is 38.8 Å². The molecule has 28 heavy (non-hydrogen) atoms. The number of ether oxygens (including phenoxy) is 1. The number of hydrogen-bond donors (Lipinski definition) is 3. The molecule has 1 aromatic carbocycles. The molecule has 3 rings (SSSR count). The lowest BCUT2D eigenvalue weighted by atomic mass is 10.1. The van der Waals surface area contributed by atoms with Gasteiger partial charge in [0.2, 0.25) is 0 Å². The highest BCUT2D eigenvalue weighted by molar-refractivity contribution is 5.79. The molecule has 1 fully saturated rings. The molecule has 1 aromatic heterocycles. The fourth-order valence-electron chi connectivity index (χ4n) is 3.42. The first kappa shape index (κ1) is 20.1. The van der Waals surface area contributed by atoms with Gasteiger partial charge in [-0.2, -0.15) is 5.10 Å². The number of rotatable bonds is 7. The van der Waals surface area contributed by atoms with Gasteiger partial charge in [0.05, 0.1) is 13.7 Å². The SMILES string of the molecule is CCCN1CCC(NC(=NC)NCc2nc(-c3ccc(OC)cc3)n[nH]2)CC1. The van der Waals surface area contributed by atoms with Crippen LogP contribution in [-0.2, 0) is 6.54 Å². The number of H-pyrrole nitrogens is 1. The van der Waals surface area contributed by atoms with E-state index in [1.165, 1.54) is 13.0 Å². The fourth-order valence-corrected chi connectivity index (χ4v) is 3.42. The van der Waals surface area contributed by atoms with Crippen molar-refractivity contribution in [2.24, 2.45) is 4.99 Å². The van der Waals surface area contributed by atoms with E-state index in [9.17, 15) is 0 Å². The van der Waals surface area contributed by atoms with Crippen molar-refractivity contribution < 1.29 is 4.74 Å². The van der Waals surface area contributed by atoms with Gasteiger partial charge in [-0.3, -0.25) is 10.1 Å². The molecule has 0 unspecified atom stereocenters. The van der Waals surface area contributed by atoms with E-state index in [1.54, 1.807) is 14.2 Å². The minimum absolute atomic E-state index is 0.462. The van der Waals surface area contributed by atoms with Gasteiger partial charge in [-0.05, 0) is 50.1 Å². The second-order valence-corrected chi connectivity index (χ2v) is 7.02. The van der Waals surface area contributed by atoms with Crippen LogP contribution in [0.5, 0.6) is 5.75 Å².